The van der Waals surface area contributed by atoms with E-state index in [1.165, 1.54) is 0 Å². The van der Waals surface area contributed by atoms with Crippen molar-refractivity contribution in [3.05, 3.63) is 41.5 Å². The highest BCUT2D eigenvalue weighted by atomic mass is 16.5. The number of ether oxygens (including phenoxy) is 1. The first-order valence-electron chi connectivity index (χ1n) is 7.21. The lowest BCUT2D eigenvalue weighted by atomic mass is 10.1. The summed E-state index contributed by atoms with van der Waals surface area (Å²) in [5.41, 5.74) is 1.10. The average molecular weight is 288 g/mol. The fourth-order valence-electron chi connectivity index (χ4n) is 2.45. The lowest BCUT2D eigenvalue weighted by Gasteiger charge is -2.25. The van der Waals surface area contributed by atoms with Gasteiger partial charge < -0.3 is 14.6 Å². The standard InChI is InChI=1S/C15H20N4O2/c1-20-13-4-2-3-12(9-13)10-15-17-14(18-21-15)11-19-7-5-16-6-8-19/h2-4,9,16H,5-8,10-11H2,1H3. The lowest BCUT2D eigenvalue weighted by molar-refractivity contribution is 0.224. The van der Waals surface area contributed by atoms with Crippen molar-refractivity contribution >= 4 is 0 Å². The minimum atomic E-state index is 0.631. The third-order valence-corrected chi connectivity index (χ3v) is 3.57. The van der Waals surface area contributed by atoms with Gasteiger partial charge in [-0.25, -0.2) is 0 Å². The number of rotatable bonds is 5. The third-order valence-electron chi connectivity index (χ3n) is 3.57. The first-order chi connectivity index (χ1) is 10.3. The zero-order valence-corrected chi connectivity index (χ0v) is 12.2. The summed E-state index contributed by atoms with van der Waals surface area (Å²) in [5.74, 6) is 2.25. The molecule has 1 saturated heterocycles. The molecule has 0 saturated carbocycles. The van der Waals surface area contributed by atoms with Gasteiger partial charge in [0.1, 0.15) is 5.75 Å². The molecule has 0 amide bonds. The first-order valence-corrected chi connectivity index (χ1v) is 7.21. The molecule has 0 radical (unpaired) electrons. The summed E-state index contributed by atoms with van der Waals surface area (Å²) in [6, 6.07) is 7.90. The number of methoxy groups -OCH3 is 1. The predicted molar refractivity (Wildman–Crippen MR) is 78.2 cm³/mol. The van der Waals surface area contributed by atoms with Crippen LogP contribution >= 0.6 is 0 Å². The fraction of sp³-hybridized carbons (Fsp3) is 0.467. The van der Waals surface area contributed by atoms with Gasteiger partial charge in [0.2, 0.25) is 5.89 Å². The zero-order chi connectivity index (χ0) is 14.5. The molecule has 0 unspecified atom stereocenters. The van der Waals surface area contributed by atoms with Crippen molar-refractivity contribution in [2.24, 2.45) is 0 Å². The Balaban J connectivity index is 1.61. The van der Waals surface area contributed by atoms with Crippen LogP contribution < -0.4 is 10.1 Å². The number of hydrogen-bond donors (Lipinski definition) is 1. The van der Waals surface area contributed by atoms with Gasteiger partial charge in [0.15, 0.2) is 5.82 Å². The van der Waals surface area contributed by atoms with Crippen LogP contribution in [-0.4, -0.2) is 48.3 Å². The summed E-state index contributed by atoms with van der Waals surface area (Å²) >= 11 is 0. The van der Waals surface area contributed by atoms with Gasteiger partial charge in [-0.1, -0.05) is 17.3 Å². The fourth-order valence-corrected chi connectivity index (χ4v) is 2.45. The lowest BCUT2D eigenvalue weighted by Crippen LogP contribution is -2.43. The molecule has 6 heteroatoms. The molecule has 0 aliphatic carbocycles. The molecule has 1 fully saturated rings. The second-order valence-corrected chi connectivity index (χ2v) is 5.16. The number of aromatic nitrogens is 2. The molecule has 112 valence electrons. The molecular formula is C15H20N4O2. The topological polar surface area (TPSA) is 63.4 Å². The highest BCUT2D eigenvalue weighted by Gasteiger charge is 2.14. The molecule has 1 aliphatic rings. The quantitative estimate of drug-likeness (QED) is 0.888. The number of hydrogen-bond acceptors (Lipinski definition) is 6. The highest BCUT2D eigenvalue weighted by molar-refractivity contribution is 5.29. The van der Waals surface area contributed by atoms with Gasteiger partial charge in [-0.2, -0.15) is 4.98 Å². The van der Waals surface area contributed by atoms with Crippen LogP contribution in [0.5, 0.6) is 5.75 Å². The maximum atomic E-state index is 5.34. The maximum absolute atomic E-state index is 5.34. The molecule has 1 aromatic carbocycles. The smallest absolute Gasteiger partial charge is 0.231 e. The summed E-state index contributed by atoms with van der Waals surface area (Å²) in [6.45, 7) is 4.85. The normalized spacial score (nSPS) is 16.0. The van der Waals surface area contributed by atoms with Gasteiger partial charge in [0, 0.05) is 26.2 Å². The van der Waals surface area contributed by atoms with Gasteiger partial charge in [-0.05, 0) is 17.7 Å². The molecule has 2 aromatic rings. The Kier molecular flexibility index (Phi) is 4.47. The van der Waals surface area contributed by atoms with Crippen LogP contribution in [0.3, 0.4) is 0 Å². The van der Waals surface area contributed by atoms with E-state index in [-0.39, 0.29) is 0 Å². The van der Waals surface area contributed by atoms with Crippen LogP contribution in [0.15, 0.2) is 28.8 Å². The second-order valence-electron chi connectivity index (χ2n) is 5.16. The van der Waals surface area contributed by atoms with E-state index < -0.39 is 0 Å². The Morgan fingerprint density at radius 3 is 3.00 bits per heavy atom. The number of piperazine rings is 1. The van der Waals surface area contributed by atoms with Gasteiger partial charge in [-0.3, -0.25) is 4.90 Å². The molecule has 6 nitrogen and oxygen atoms in total. The molecule has 21 heavy (non-hydrogen) atoms. The first kappa shape index (κ1) is 14.0. The Labute approximate surface area is 124 Å². The monoisotopic (exact) mass is 288 g/mol. The molecule has 1 aliphatic heterocycles. The van der Waals surface area contributed by atoms with Crippen molar-refractivity contribution in [1.29, 1.82) is 0 Å². The minimum absolute atomic E-state index is 0.631. The van der Waals surface area contributed by atoms with E-state index in [1.54, 1.807) is 7.11 Å². The summed E-state index contributed by atoms with van der Waals surface area (Å²) in [7, 11) is 1.66. The van der Waals surface area contributed by atoms with Gasteiger partial charge in [0.25, 0.3) is 0 Å². The molecule has 0 bridgehead atoms. The van der Waals surface area contributed by atoms with Crippen molar-refractivity contribution in [2.75, 3.05) is 33.3 Å². The van der Waals surface area contributed by atoms with Crippen LogP contribution in [0.25, 0.3) is 0 Å². The Morgan fingerprint density at radius 1 is 1.33 bits per heavy atom. The molecule has 1 aromatic heterocycles. The van der Waals surface area contributed by atoms with Gasteiger partial charge >= 0.3 is 0 Å². The van der Waals surface area contributed by atoms with E-state index in [9.17, 15) is 0 Å². The highest BCUT2D eigenvalue weighted by Crippen LogP contribution is 2.15. The summed E-state index contributed by atoms with van der Waals surface area (Å²) in [4.78, 5) is 6.80. The Morgan fingerprint density at radius 2 is 2.19 bits per heavy atom. The SMILES string of the molecule is COc1cccc(Cc2nc(CN3CCNCC3)no2)c1. The molecular weight excluding hydrogens is 268 g/mol. The van der Waals surface area contributed by atoms with Crippen molar-refractivity contribution in [1.82, 2.24) is 20.4 Å². The van der Waals surface area contributed by atoms with E-state index >= 15 is 0 Å². The average Bonchev–Trinajstić information content (AvgIpc) is 2.95. The van der Waals surface area contributed by atoms with E-state index in [0.717, 1.165) is 49.9 Å². The number of benzene rings is 1. The summed E-state index contributed by atoms with van der Waals surface area (Å²) in [5, 5.41) is 7.40. The van der Waals surface area contributed by atoms with Crippen molar-refractivity contribution < 1.29 is 9.26 Å². The van der Waals surface area contributed by atoms with Crippen LogP contribution in [0.4, 0.5) is 0 Å². The van der Waals surface area contributed by atoms with E-state index in [0.29, 0.717) is 12.3 Å². The molecule has 0 atom stereocenters. The second kappa shape index (κ2) is 6.69. The summed E-state index contributed by atoms with van der Waals surface area (Å²) < 4.78 is 10.6. The zero-order valence-electron chi connectivity index (χ0n) is 12.2. The van der Waals surface area contributed by atoms with Crippen LogP contribution in [-0.2, 0) is 13.0 Å². The predicted octanol–water partition coefficient (Wildman–Crippen LogP) is 1.07. The van der Waals surface area contributed by atoms with Gasteiger partial charge in [0.05, 0.1) is 20.1 Å². The van der Waals surface area contributed by atoms with Crippen molar-refractivity contribution in [3.8, 4) is 5.75 Å². The largest absolute Gasteiger partial charge is 0.497 e. The van der Waals surface area contributed by atoms with E-state index in [1.807, 2.05) is 24.3 Å². The molecule has 2 heterocycles. The third kappa shape index (κ3) is 3.80. The van der Waals surface area contributed by atoms with E-state index in [2.05, 4.69) is 20.4 Å². The van der Waals surface area contributed by atoms with Crippen molar-refractivity contribution in [2.45, 2.75) is 13.0 Å². The Hall–Kier alpha value is -1.92. The molecule has 1 N–H and O–H groups in total. The molecule has 3 rings (SSSR count). The Bertz CT molecular complexity index is 579. The van der Waals surface area contributed by atoms with Gasteiger partial charge in [-0.15, -0.1) is 0 Å². The number of nitrogens with zero attached hydrogens (tertiary/aromatic N) is 3. The maximum Gasteiger partial charge on any atom is 0.231 e. The molecule has 0 spiro atoms. The van der Waals surface area contributed by atoms with Crippen molar-refractivity contribution in [3.63, 3.8) is 0 Å². The van der Waals surface area contributed by atoms with Crippen LogP contribution in [0.2, 0.25) is 0 Å². The van der Waals surface area contributed by atoms with Crippen LogP contribution in [0.1, 0.15) is 17.3 Å². The van der Waals surface area contributed by atoms with E-state index in [4.69, 9.17) is 9.26 Å². The minimum Gasteiger partial charge on any atom is -0.497 e. The number of nitrogens with one attached hydrogen (secondary N) is 1. The van der Waals surface area contributed by atoms with Crippen LogP contribution in [0, 0.1) is 0 Å². The summed E-state index contributed by atoms with van der Waals surface area (Å²) in [6.07, 6.45) is 0.631.